The summed E-state index contributed by atoms with van der Waals surface area (Å²) in [7, 11) is 0. The summed E-state index contributed by atoms with van der Waals surface area (Å²) in [4.78, 5) is 10.9. The maximum absolute atomic E-state index is 10.9. The molecule has 1 unspecified atom stereocenters. The van der Waals surface area contributed by atoms with Gasteiger partial charge >= 0.3 is 6.16 Å². The zero-order valence-corrected chi connectivity index (χ0v) is 10.3. The Hall–Kier alpha value is 0.140. The maximum atomic E-state index is 10.9. The molecule has 0 bridgehead atoms. The van der Waals surface area contributed by atoms with E-state index in [0.717, 1.165) is 6.42 Å². The summed E-state index contributed by atoms with van der Waals surface area (Å²) < 4.78 is 7.71. The minimum Gasteiger partial charge on any atom is -0.434 e. The lowest BCUT2D eigenvalue weighted by molar-refractivity contribution is 0.0468. The minimum absolute atomic E-state index is 0.301. The third-order valence-electron chi connectivity index (χ3n) is 1.54. The van der Waals surface area contributed by atoms with E-state index in [1.165, 1.54) is 0 Å². The minimum atomic E-state index is -1.59. The Kier molecular flexibility index (Phi) is 6.66. The van der Waals surface area contributed by atoms with Crippen LogP contribution in [0.15, 0.2) is 0 Å². The van der Waals surface area contributed by atoms with E-state index in [4.69, 9.17) is 39.5 Å². The Morgan fingerprint density at radius 2 is 1.93 bits per heavy atom. The highest BCUT2D eigenvalue weighted by atomic mass is 35.6. The van der Waals surface area contributed by atoms with E-state index in [2.05, 4.69) is 4.74 Å². The first-order valence-corrected chi connectivity index (χ1v) is 5.35. The van der Waals surface area contributed by atoms with E-state index >= 15 is 0 Å². The number of alkyl halides is 3. The molecule has 6 heteroatoms. The fraction of sp³-hybridized carbons (Fsp3) is 0.875. The number of hydrogen-bond acceptors (Lipinski definition) is 3. The second-order valence-corrected chi connectivity index (χ2v) is 5.49. The first kappa shape index (κ1) is 14.1. The smallest absolute Gasteiger partial charge is 0.434 e. The van der Waals surface area contributed by atoms with E-state index in [1.54, 1.807) is 0 Å². The van der Waals surface area contributed by atoms with Crippen LogP contribution in [0.3, 0.4) is 0 Å². The summed E-state index contributed by atoms with van der Waals surface area (Å²) >= 11 is 16.1. The van der Waals surface area contributed by atoms with Crippen LogP contribution >= 0.6 is 34.8 Å². The van der Waals surface area contributed by atoms with Gasteiger partial charge in [0.05, 0.1) is 6.61 Å². The molecule has 1 atom stereocenters. The molecule has 0 aliphatic carbocycles. The van der Waals surface area contributed by atoms with Gasteiger partial charge < -0.3 is 9.47 Å². The van der Waals surface area contributed by atoms with Gasteiger partial charge in [-0.1, -0.05) is 55.1 Å². The quantitative estimate of drug-likeness (QED) is 0.575. The maximum Gasteiger partial charge on any atom is 0.508 e. The summed E-state index contributed by atoms with van der Waals surface area (Å²) in [6.45, 7) is 3.97. The second kappa shape index (κ2) is 6.59. The van der Waals surface area contributed by atoms with Crippen molar-refractivity contribution < 1.29 is 14.3 Å². The van der Waals surface area contributed by atoms with Gasteiger partial charge in [0.2, 0.25) is 3.79 Å². The number of rotatable bonds is 4. The highest BCUT2D eigenvalue weighted by Gasteiger charge is 2.22. The molecule has 0 saturated heterocycles. The van der Waals surface area contributed by atoms with Gasteiger partial charge in [0.15, 0.2) is 0 Å². The molecular weight excluding hydrogens is 250 g/mol. The number of carbonyl (C=O) groups excluding carboxylic acids is 1. The molecule has 0 heterocycles. The van der Waals surface area contributed by atoms with Crippen LogP contribution in [-0.2, 0) is 9.47 Å². The number of hydrogen-bond donors (Lipinski definition) is 0. The molecule has 0 N–H and O–H groups in total. The topological polar surface area (TPSA) is 35.5 Å². The summed E-state index contributed by atoms with van der Waals surface area (Å²) in [6.07, 6.45) is 0.120. The van der Waals surface area contributed by atoms with Crippen LogP contribution in [0.4, 0.5) is 4.79 Å². The van der Waals surface area contributed by atoms with Crippen LogP contribution in [0.5, 0.6) is 0 Å². The van der Waals surface area contributed by atoms with Gasteiger partial charge in [0.25, 0.3) is 0 Å². The van der Waals surface area contributed by atoms with Crippen molar-refractivity contribution in [2.24, 2.45) is 5.92 Å². The van der Waals surface area contributed by atoms with E-state index in [0.29, 0.717) is 12.5 Å². The summed E-state index contributed by atoms with van der Waals surface area (Å²) in [5.41, 5.74) is 0. The fourth-order valence-corrected chi connectivity index (χ4v) is 0.674. The molecule has 84 valence electrons. The Labute approximate surface area is 98.6 Å². The van der Waals surface area contributed by atoms with Crippen molar-refractivity contribution >= 4 is 41.0 Å². The summed E-state index contributed by atoms with van der Waals surface area (Å²) in [5.74, 6) is 0.301. The van der Waals surface area contributed by atoms with E-state index in [-0.39, 0.29) is 6.61 Å². The largest absolute Gasteiger partial charge is 0.508 e. The Morgan fingerprint density at radius 3 is 2.36 bits per heavy atom. The molecule has 0 aromatic heterocycles. The average molecular weight is 264 g/mol. The SMILES string of the molecule is CCC(C)COC(=O)OCC(Cl)(Cl)Cl. The molecular formula is C8H13Cl3O3. The molecule has 0 spiro atoms. The standard InChI is InChI=1S/C8H13Cl3O3/c1-3-6(2)4-13-7(12)14-5-8(9,10)11/h6H,3-5H2,1-2H3. The Morgan fingerprint density at radius 1 is 1.36 bits per heavy atom. The van der Waals surface area contributed by atoms with Crippen LogP contribution in [0.25, 0.3) is 0 Å². The molecule has 3 nitrogen and oxygen atoms in total. The predicted molar refractivity (Wildman–Crippen MR) is 57.0 cm³/mol. The number of ether oxygens (including phenoxy) is 2. The Balaban J connectivity index is 3.57. The Bertz CT molecular complexity index is 179. The third kappa shape index (κ3) is 8.73. The molecule has 0 rings (SSSR count). The van der Waals surface area contributed by atoms with Crippen LogP contribution in [0, 0.1) is 5.92 Å². The average Bonchev–Trinajstić information content (AvgIpc) is 2.09. The predicted octanol–water partition coefficient (Wildman–Crippen LogP) is 3.56. The highest BCUT2D eigenvalue weighted by molar-refractivity contribution is 6.67. The van der Waals surface area contributed by atoms with E-state index in [1.807, 2.05) is 13.8 Å². The monoisotopic (exact) mass is 262 g/mol. The lowest BCUT2D eigenvalue weighted by Gasteiger charge is -2.12. The first-order chi connectivity index (χ1) is 6.35. The van der Waals surface area contributed by atoms with Crippen molar-refractivity contribution in [2.75, 3.05) is 13.2 Å². The fourth-order valence-electron chi connectivity index (χ4n) is 0.511. The number of halogens is 3. The lowest BCUT2D eigenvalue weighted by atomic mass is 10.1. The first-order valence-electron chi connectivity index (χ1n) is 4.21. The van der Waals surface area contributed by atoms with Gasteiger partial charge in [-0.05, 0) is 5.92 Å². The lowest BCUT2D eigenvalue weighted by Crippen LogP contribution is -2.19. The zero-order chi connectivity index (χ0) is 11.2. The van der Waals surface area contributed by atoms with Crippen molar-refractivity contribution in [3.8, 4) is 0 Å². The van der Waals surface area contributed by atoms with E-state index in [9.17, 15) is 4.79 Å². The van der Waals surface area contributed by atoms with Crippen molar-refractivity contribution in [1.29, 1.82) is 0 Å². The second-order valence-electron chi connectivity index (χ2n) is 2.98. The van der Waals surface area contributed by atoms with Crippen LogP contribution in [-0.4, -0.2) is 23.2 Å². The molecule has 0 aromatic carbocycles. The molecule has 0 aliphatic heterocycles. The highest BCUT2D eigenvalue weighted by Crippen LogP contribution is 2.25. The molecule has 0 amide bonds. The molecule has 14 heavy (non-hydrogen) atoms. The van der Waals surface area contributed by atoms with Gasteiger partial charge in [-0.15, -0.1) is 0 Å². The molecule has 0 radical (unpaired) electrons. The molecule has 0 saturated carbocycles. The molecule has 0 aliphatic rings. The van der Waals surface area contributed by atoms with Crippen LogP contribution in [0.2, 0.25) is 0 Å². The normalized spacial score (nSPS) is 13.5. The third-order valence-corrected chi connectivity index (χ3v) is 1.86. The van der Waals surface area contributed by atoms with Crippen molar-refractivity contribution in [3.63, 3.8) is 0 Å². The van der Waals surface area contributed by atoms with Gasteiger partial charge in [0, 0.05) is 0 Å². The summed E-state index contributed by atoms with van der Waals surface area (Å²) in [5, 5.41) is 0. The molecule has 0 fully saturated rings. The van der Waals surface area contributed by atoms with Gasteiger partial charge in [-0.2, -0.15) is 0 Å². The zero-order valence-electron chi connectivity index (χ0n) is 8.06. The van der Waals surface area contributed by atoms with Gasteiger partial charge in [0.1, 0.15) is 6.61 Å². The van der Waals surface area contributed by atoms with Crippen molar-refractivity contribution in [2.45, 2.75) is 24.1 Å². The van der Waals surface area contributed by atoms with Crippen LogP contribution in [0.1, 0.15) is 20.3 Å². The summed E-state index contributed by atoms with van der Waals surface area (Å²) in [6, 6.07) is 0. The van der Waals surface area contributed by atoms with E-state index < -0.39 is 9.95 Å². The van der Waals surface area contributed by atoms with Gasteiger partial charge in [-0.25, -0.2) is 4.79 Å². The molecule has 0 aromatic rings. The van der Waals surface area contributed by atoms with Crippen molar-refractivity contribution in [1.82, 2.24) is 0 Å². The van der Waals surface area contributed by atoms with Gasteiger partial charge in [-0.3, -0.25) is 0 Å². The van der Waals surface area contributed by atoms with Crippen LogP contribution < -0.4 is 0 Å². The number of carbonyl (C=O) groups is 1. The van der Waals surface area contributed by atoms with Crippen molar-refractivity contribution in [3.05, 3.63) is 0 Å².